The maximum absolute atomic E-state index is 10.2. The lowest BCUT2D eigenvalue weighted by molar-refractivity contribution is 0.0345. The highest BCUT2D eigenvalue weighted by Gasteiger charge is 2.24. The smallest absolute Gasteiger partial charge is 0.0807 e. The highest BCUT2D eigenvalue weighted by Crippen LogP contribution is 2.28. The summed E-state index contributed by atoms with van der Waals surface area (Å²) >= 11 is 0. The molecule has 1 aromatic carbocycles. The number of anilines is 1. The molecule has 0 aliphatic carbocycles. The number of benzene rings is 1. The molecule has 0 bridgehead atoms. The maximum atomic E-state index is 10.2. The van der Waals surface area contributed by atoms with Gasteiger partial charge in [-0.05, 0) is 26.3 Å². The van der Waals surface area contributed by atoms with Crippen LogP contribution >= 0.6 is 0 Å². The van der Waals surface area contributed by atoms with Gasteiger partial charge >= 0.3 is 0 Å². The van der Waals surface area contributed by atoms with Gasteiger partial charge in [-0.15, -0.1) is 0 Å². The number of piperazine rings is 1. The van der Waals surface area contributed by atoms with Crippen LogP contribution in [0.1, 0.15) is 38.9 Å². The first-order valence-electron chi connectivity index (χ1n) is 7.87. The van der Waals surface area contributed by atoms with Crippen LogP contribution in [0.3, 0.4) is 0 Å². The fourth-order valence-electron chi connectivity index (χ4n) is 2.97. The van der Waals surface area contributed by atoms with Gasteiger partial charge in [-0.3, -0.25) is 4.90 Å². The first-order valence-corrected chi connectivity index (χ1v) is 7.87. The number of nitrogens with zero attached hydrogens (tertiary/aromatic N) is 2. The molecule has 2 N–H and O–H groups in total. The van der Waals surface area contributed by atoms with E-state index in [1.165, 1.54) is 0 Å². The lowest BCUT2D eigenvalue weighted by atomic mass is 10.0. The van der Waals surface area contributed by atoms with E-state index in [0.29, 0.717) is 6.54 Å². The number of para-hydroxylation sites is 1. The van der Waals surface area contributed by atoms with Gasteiger partial charge in [0.1, 0.15) is 0 Å². The fourth-order valence-corrected chi connectivity index (χ4v) is 2.97. The van der Waals surface area contributed by atoms with Crippen LogP contribution in [0.4, 0.5) is 5.69 Å². The molecule has 1 fully saturated rings. The summed E-state index contributed by atoms with van der Waals surface area (Å²) in [5.41, 5.74) is 1.53. The summed E-state index contributed by atoms with van der Waals surface area (Å²) in [6, 6.07) is 8.14. The Morgan fingerprint density at radius 3 is 2.33 bits per heavy atom. The third-order valence-electron chi connectivity index (χ3n) is 4.01. The molecule has 0 aromatic heterocycles. The fraction of sp³-hybridized carbons (Fsp3) is 0.647. The lowest BCUT2D eigenvalue weighted by Crippen LogP contribution is -2.50. The van der Waals surface area contributed by atoms with E-state index in [1.54, 1.807) is 0 Å². The number of hydrogen-bond donors (Lipinski definition) is 2. The highest BCUT2D eigenvalue weighted by atomic mass is 16.3. The van der Waals surface area contributed by atoms with Gasteiger partial charge in [0, 0.05) is 44.0 Å². The van der Waals surface area contributed by atoms with Crippen LogP contribution in [0.5, 0.6) is 0 Å². The van der Waals surface area contributed by atoms with Gasteiger partial charge in [-0.2, -0.15) is 0 Å². The average Bonchev–Trinajstić information content (AvgIpc) is 2.45. The van der Waals surface area contributed by atoms with Crippen molar-refractivity contribution in [2.45, 2.75) is 38.9 Å². The van der Waals surface area contributed by atoms with E-state index < -0.39 is 11.7 Å². The van der Waals surface area contributed by atoms with E-state index in [0.717, 1.165) is 43.9 Å². The van der Waals surface area contributed by atoms with Gasteiger partial charge < -0.3 is 15.1 Å². The Labute approximate surface area is 128 Å². The Balaban J connectivity index is 2.03. The summed E-state index contributed by atoms with van der Waals surface area (Å²) in [5.74, 6) is 0. The summed E-state index contributed by atoms with van der Waals surface area (Å²) in [4.78, 5) is 4.64. The van der Waals surface area contributed by atoms with Crippen LogP contribution in [-0.2, 0) is 0 Å². The monoisotopic (exact) mass is 292 g/mol. The van der Waals surface area contributed by atoms with Gasteiger partial charge in [0.25, 0.3) is 0 Å². The van der Waals surface area contributed by atoms with E-state index in [1.807, 2.05) is 39.0 Å². The van der Waals surface area contributed by atoms with Crippen LogP contribution in [-0.4, -0.2) is 53.4 Å². The third-order valence-corrected chi connectivity index (χ3v) is 4.01. The summed E-state index contributed by atoms with van der Waals surface area (Å²) in [5, 5.41) is 20.1. The van der Waals surface area contributed by atoms with Gasteiger partial charge in [-0.1, -0.05) is 25.1 Å². The molecule has 0 saturated carbocycles. The minimum absolute atomic E-state index is 0.393. The second kappa shape index (κ2) is 6.77. The van der Waals surface area contributed by atoms with Gasteiger partial charge in [0.15, 0.2) is 0 Å². The zero-order valence-corrected chi connectivity index (χ0v) is 13.4. The molecule has 0 radical (unpaired) electrons. The quantitative estimate of drug-likeness (QED) is 0.872. The van der Waals surface area contributed by atoms with E-state index in [2.05, 4.69) is 15.9 Å². The van der Waals surface area contributed by atoms with E-state index in [4.69, 9.17) is 0 Å². The Hall–Kier alpha value is -1.10. The van der Waals surface area contributed by atoms with E-state index in [-0.39, 0.29) is 0 Å². The Morgan fingerprint density at radius 2 is 1.76 bits per heavy atom. The minimum atomic E-state index is -0.640. The second-order valence-corrected chi connectivity index (χ2v) is 6.56. The maximum Gasteiger partial charge on any atom is 0.0807 e. The Kier molecular flexibility index (Phi) is 5.25. The van der Waals surface area contributed by atoms with Crippen LogP contribution in [0.25, 0.3) is 0 Å². The normalized spacial score (nSPS) is 18.8. The molecule has 1 atom stereocenters. The highest BCUT2D eigenvalue weighted by molar-refractivity contribution is 5.55. The number of β-amino-alcohol motifs (C(OH)–C–C–N with tert-alkyl or cyclic N) is 1. The van der Waals surface area contributed by atoms with Crippen LogP contribution in [0, 0.1) is 0 Å². The van der Waals surface area contributed by atoms with Crippen molar-refractivity contribution in [1.82, 2.24) is 4.90 Å². The lowest BCUT2D eigenvalue weighted by Gasteiger charge is -2.39. The van der Waals surface area contributed by atoms with Crippen LogP contribution in [0.2, 0.25) is 0 Å². The average molecular weight is 292 g/mol. The molecule has 1 aromatic rings. The Bertz CT molecular complexity index is 448. The van der Waals surface area contributed by atoms with Crippen molar-refractivity contribution in [3.05, 3.63) is 29.8 Å². The molecule has 1 heterocycles. The number of aliphatic hydroxyl groups is 2. The molecule has 1 aliphatic rings. The molecule has 4 nitrogen and oxygen atoms in total. The number of hydrogen-bond acceptors (Lipinski definition) is 4. The van der Waals surface area contributed by atoms with Gasteiger partial charge in [-0.25, -0.2) is 0 Å². The minimum Gasteiger partial charge on any atom is -0.389 e. The van der Waals surface area contributed by atoms with Crippen molar-refractivity contribution in [2.75, 3.05) is 37.6 Å². The second-order valence-electron chi connectivity index (χ2n) is 6.56. The van der Waals surface area contributed by atoms with Crippen molar-refractivity contribution in [3.63, 3.8) is 0 Å². The van der Waals surface area contributed by atoms with Crippen molar-refractivity contribution in [2.24, 2.45) is 0 Å². The van der Waals surface area contributed by atoms with Gasteiger partial charge in [0.05, 0.1) is 11.7 Å². The van der Waals surface area contributed by atoms with Crippen molar-refractivity contribution < 1.29 is 10.2 Å². The zero-order valence-electron chi connectivity index (χ0n) is 13.4. The van der Waals surface area contributed by atoms with Crippen LogP contribution in [0.15, 0.2) is 24.3 Å². The molecule has 1 saturated heterocycles. The third kappa shape index (κ3) is 4.43. The molecule has 118 valence electrons. The topological polar surface area (TPSA) is 46.9 Å². The molecule has 4 heteroatoms. The van der Waals surface area contributed by atoms with Crippen molar-refractivity contribution in [1.29, 1.82) is 0 Å². The molecular weight excluding hydrogens is 264 g/mol. The molecular formula is C17H28N2O2. The molecule has 0 unspecified atom stereocenters. The van der Waals surface area contributed by atoms with Crippen LogP contribution < -0.4 is 4.90 Å². The predicted octanol–water partition coefficient (Wildman–Crippen LogP) is 2.02. The van der Waals surface area contributed by atoms with Crippen molar-refractivity contribution >= 4 is 5.69 Å². The molecule has 0 spiro atoms. The van der Waals surface area contributed by atoms with E-state index in [9.17, 15) is 10.2 Å². The summed E-state index contributed by atoms with van der Waals surface area (Å²) < 4.78 is 0. The number of aliphatic hydroxyl groups excluding tert-OH is 1. The van der Waals surface area contributed by atoms with Gasteiger partial charge in [0.2, 0.25) is 0 Å². The summed E-state index contributed by atoms with van der Waals surface area (Å²) in [7, 11) is 0. The molecule has 21 heavy (non-hydrogen) atoms. The summed E-state index contributed by atoms with van der Waals surface area (Å²) in [6.07, 6.45) is 0.339. The predicted molar refractivity (Wildman–Crippen MR) is 86.6 cm³/mol. The summed E-state index contributed by atoms with van der Waals surface area (Å²) in [6.45, 7) is 10.2. The van der Waals surface area contributed by atoms with Crippen molar-refractivity contribution in [3.8, 4) is 0 Å². The molecule has 1 aliphatic heterocycles. The SMILES string of the molecule is CC[C@@H](O)c1ccccc1N1CCN(CC(C)(C)O)CC1. The molecule has 0 amide bonds. The first-order chi connectivity index (χ1) is 9.90. The molecule has 2 rings (SSSR count). The number of rotatable bonds is 5. The Morgan fingerprint density at radius 1 is 1.14 bits per heavy atom. The zero-order chi connectivity index (χ0) is 15.5. The largest absolute Gasteiger partial charge is 0.389 e. The first kappa shape index (κ1) is 16.3. The standard InChI is InChI=1S/C17H28N2O2/c1-4-16(20)14-7-5-6-8-15(14)19-11-9-18(10-12-19)13-17(2,3)21/h5-8,16,20-21H,4,9-13H2,1-3H3/t16-/m1/s1. The van der Waals surface area contributed by atoms with E-state index >= 15 is 0 Å².